The van der Waals surface area contributed by atoms with Gasteiger partial charge in [0.25, 0.3) is 0 Å². The van der Waals surface area contributed by atoms with E-state index in [9.17, 15) is 5.11 Å². The Morgan fingerprint density at radius 1 is 1.20 bits per heavy atom. The molecule has 0 aliphatic heterocycles. The highest BCUT2D eigenvalue weighted by Gasteiger charge is 2.25. The van der Waals surface area contributed by atoms with Gasteiger partial charge >= 0.3 is 0 Å². The van der Waals surface area contributed by atoms with Crippen LogP contribution in [-0.4, -0.2) is 42.9 Å². The van der Waals surface area contributed by atoms with Gasteiger partial charge in [-0.25, -0.2) is 0 Å². The smallest absolute Gasteiger partial charge is 0.0945 e. The normalized spacial score (nSPS) is 14.8. The van der Waals surface area contributed by atoms with E-state index < -0.39 is 6.10 Å². The third-order valence-electron chi connectivity index (χ3n) is 3.58. The Bertz CT molecular complexity index is 353. The van der Waals surface area contributed by atoms with Crippen molar-refractivity contribution in [3.63, 3.8) is 0 Å². The third-order valence-corrected chi connectivity index (χ3v) is 3.58. The summed E-state index contributed by atoms with van der Waals surface area (Å²) in [4.78, 5) is 2.35. The van der Waals surface area contributed by atoms with E-state index in [1.807, 2.05) is 30.3 Å². The molecule has 3 heteroatoms. The van der Waals surface area contributed by atoms with Gasteiger partial charge in [-0.3, -0.25) is 4.90 Å². The molecule has 0 aliphatic rings. The summed E-state index contributed by atoms with van der Waals surface area (Å²) in [6.45, 7) is 9.09. The second-order valence-corrected chi connectivity index (χ2v) is 5.71. The molecule has 1 aromatic carbocycles. The Morgan fingerprint density at radius 3 is 2.35 bits per heavy atom. The van der Waals surface area contributed by atoms with Gasteiger partial charge in [-0.1, -0.05) is 51.1 Å². The van der Waals surface area contributed by atoms with Crippen molar-refractivity contribution in [1.29, 1.82) is 0 Å². The van der Waals surface area contributed by atoms with E-state index in [0.717, 1.165) is 25.1 Å². The van der Waals surface area contributed by atoms with Crippen LogP contribution in [0.2, 0.25) is 0 Å². The lowest BCUT2D eigenvalue weighted by molar-refractivity contribution is 0.0247. The molecule has 3 nitrogen and oxygen atoms in total. The standard InChI is InChI=1S/C17H29NO2/c1-5-16(17(19)15-9-7-6-8-10-15)18(11-12-20-4)13-14(2)3/h6-10,14,16-17,19H,5,11-13H2,1-4H3. The Labute approximate surface area is 123 Å². The van der Waals surface area contributed by atoms with Crippen LogP contribution in [0.1, 0.15) is 38.9 Å². The van der Waals surface area contributed by atoms with Crippen LogP contribution in [0.15, 0.2) is 30.3 Å². The van der Waals surface area contributed by atoms with E-state index in [-0.39, 0.29) is 6.04 Å². The van der Waals surface area contributed by atoms with Crippen LogP contribution in [-0.2, 0) is 4.74 Å². The van der Waals surface area contributed by atoms with E-state index in [1.165, 1.54) is 0 Å². The molecule has 0 aliphatic carbocycles. The van der Waals surface area contributed by atoms with Gasteiger partial charge in [0, 0.05) is 26.2 Å². The number of benzene rings is 1. The quantitative estimate of drug-likeness (QED) is 0.754. The fourth-order valence-electron chi connectivity index (χ4n) is 2.62. The molecule has 1 rings (SSSR count). The van der Waals surface area contributed by atoms with Gasteiger partial charge < -0.3 is 9.84 Å². The van der Waals surface area contributed by atoms with Crippen molar-refractivity contribution in [2.75, 3.05) is 26.8 Å². The molecule has 0 saturated heterocycles. The molecule has 0 amide bonds. The van der Waals surface area contributed by atoms with Gasteiger partial charge in [0.1, 0.15) is 0 Å². The molecule has 2 atom stereocenters. The molecule has 0 radical (unpaired) electrons. The van der Waals surface area contributed by atoms with Crippen LogP contribution in [0, 0.1) is 5.92 Å². The maximum Gasteiger partial charge on any atom is 0.0945 e. The zero-order valence-corrected chi connectivity index (χ0v) is 13.2. The van der Waals surface area contributed by atoms with Crippen molar-refractivity contribution < 1.29 is 9.84 Å². The Hall–Kier alpha value is -0.900. The summed E-state index contributed by atoms with van der Waals surface area (Å²) in [5.41, 5.74) is 0.991. The highest BCUT2D eigenvalue weighted by Crippen LogP contribution is 2.24. The minimum absolute atomic E-state index is 0.134. The zero-order valence-electron chi connectivity index (χ0n) is 13.2. The van der Waals surface area contributed by atoms with E-state index in [1.54, 1.807) is 7.11 Å². The summed E-state index contributed by atoms with van der Waals surface area (Å²) in [5, 5.41) is 10.7. The van der Waals surface area contributed by atoms with Crippen LogP contribution < -0.4 is 0 Å². The molecule has 0 bridgehead atoms. The average molecular weight is 279 g/mol. The monoisotopic (exact) mass is 279 g/mol. The lowest BCUT2D eigenvalue weighted by atomic mass is 9.98. The summed E-state index contributed by atoms with van der Waals surface area (Å²) >= 11 is 0. The van der Waals surface area contributed by atoms with E-state index in [0.29, 0.717) is 12.5 Å². The van der Waals surface area contributed by atoms with Gasteiger partial charge in [-0.2, -0.15) is 0 Å². The number of aliphatic hydroxyl groups is 1. The molecular weight excluding hydrogens is 250 g/mol. The minimum Gasteiger partial charge on any atom is -0.387 e. The topological polar surface area (TPSA) is 32.7 Å². The first-order chi connectivity index (χ1) is 9.60. The Morgan fingerprint density at radius 2 is 1.85 bits per heavy atom. The molecule has 0 aromatic heterocycles. The molecule has 0 heterocycles. The third kappa shape index (κ3) is 5.23. The number of rotatable bonds is 9. The van der Waals surface area contributed by atoms with Crippen molar-refractivity contribution >= 4 is 0 Å². The predicted molar refractivity (Wildman–Crippen MR) is 83.8 cm³/mol. The number of methoxy groups -OCH3 is 1. The van der Waals surface area contributed by atoms with E-state index in [4.69, 9.17) is 4.74 Å². The molecule has 1 N–H and O–H groups in total. The minimum atomic E-state index is -0.447. The molecule has 1 aromatic rings. The molecule has 0 saturated carbocycles. The first-order valence-electron chi connectivity index (χ1n) is 7.56. The fraction of sp³-hybridized carbons (Fsp3) is 0.647. The van der Waals surface area contributed by atoms with Gasteiger partial charge in [0.15, 0.2) is 0 Å². The van der Waals surface area contributed by atoms with E-state index >= 15 is 0 Å². The average Bonchev–Trinajstić information content (AvgIpc) is 2.45. The summed E-state index contributed by atoms with van der Waals surface area (Å²) in [7, 11) is 1.72. The summed E-state index contributed by atoms with van der Waals surface area (Å²) < 4.78 is 5.21. The number of hydrogen-bond acceptors (Lipinski definition) is 3. The SMILES string of the molecule is CCC(C(O)c1ccccc1)N(CCOC)CC(C)C. The van der Waals surface area contributed by atoms with Crippen molar-refractivity contribution in [2.45, 2.75) is 39.3 Å². The zero-order chi connectivity index (χ0) is 15.0. The second-order valence-electron chi connectivity index (χ2n) is 5.71. The van der Waals surface area contributed by atoms with Gasteiger partial charge in [0.05, 0.1) is 12.7 Å². The summed E-state index contributed by atoms with van der Waals surface area (Å²) in [6, 6.07) is 10.1. The summed E-state index contributed by atoms with van der Waals surface area (Å²) in [5.74, 6) is 0.573. The van der Waals surface area contributed by atoms with Crippen LogP contribution in [0.3, 0.4) is 0 Å². The fourth-order valence-corrected chi connectivity index (χ4v) is 2.62. The van der Waals surface area contributed by atoms with Gasteiger partial charge in [-0.05, 0) is 17.9 Å². The maximum absolute atomic E-state index is 10.7. The number of hydrogen-bond donors (Lipinski definition) is 1. The summed E-state index contributed by atoms with van der Waals surface area (Å²) in [6.07, 6.45) is 0.476. The van der Waals surface area contributed by atoms with Crippen LogP contribution in [0.25, 0.3) is 0 Å². The van der Waals surface area contributed by atoms with Crippen LogP contribution >= 0.6 is 0 Å². The molecule has 20 heavy (non-hydrogen) atoms. The van der Waals surface area contributed by atoms with Crippen molar-refractivity contribution in [2.24, 2.45) is 5.92 Å². The molecule has 2 unspecified atom stereocenters. The van der Waals surface area contributed by atoms with Crippen molar-refractivity contribution in [1.82, 2.24) is 4.90 Å². The number of aliphatic hydroxyl groups excluding tert-OH is 1. The number of ether oxygens (including phenoxy) is 1. The largest absolute Gasteiger partial charge is 0.387 e. The molecule has 114 valence electrons. The molecule has 0 fully saturated rings. The van der Waals surface area contributed by atoms with Crippen molar-refractivity contribution in [3.05, 3.63) is 35.9 Å². The lowest BCUT2D eigenvalue weighted by Crippen LogP contribution is -2.43. The Kier molecular flexibility index (Phi) is 7.82. The number of nitrogens with zero attached hydrogens (tertiary/aromatic N) is 1. The van der Waals surface area contributed by atoms with E-state index in [2.05, 4.69) is 25.7 Å². The van der Waals surface area contributed by atoms with Gasteiger partial charge in [0.2, 0.25) is 0 Å². The highest BCUT2D eigenvalue weighted by atomic mass is 16.5. The predicted octanol–water partition coefficient (Wildman–Crippen LogP) is 3.10. The van der Waals surface area contributed by atoms with Gasteiger partial charge in [-0.15, -0.1) is 0 Å². The molecule has 0 spiro atoms. The highest BCUT2D eigenvalue weighted by molar-refractivity contribution is 5.18. The van der Waals surface area contributed by atoms with Crippen LogP contribution in [0.4, 0.5) is 0 Å². The maximum atomic E-state index is 10.7. The molecular formula is C17H29NO2. The lowest BCUT2D eigenvalue weighted by Gasteiger charge is -2.35. The van der Waals surface area contributed by atoms with Crippen molar-refractivity contribution in [3.8, 4) is 0 Å². The Balaban J connectivity index is 2.82. The second kappa shape index (κ2) is 9.11. The first-order valence-corrected chi connectivity index (χ1v) is 7.56. The van der Waals surface area contributed by atoms with Crippen LogP contribution in [0.5, 0.6) is 0 Å². The first kappa shape index (κ1) is 17.2.